The summed E-state index contributed by atoms with van der Waals surface area (Å²) in [4.78, 5) is 18.1. The number of unbranched alkanes of at least 4 members (excludes halogenated alkanes) is 2. The molecule has 0 saturated carbocycles. The molecule has 0 unspecified atom stereocenters. The lowest BCUT2D eigenvalue weighted by Crippen LogP contribution is -2.46. The molecule has 0 aliphatic carbocycles. The molecule has 1 N–H and O–H groups in total. The SMILES string of the molecule is CN=C(NCCCCCOC)N1CCC(C(=O)OC)CC1.I. The molecular formula is C15H30IN3O3. The number of hydrogen-bond donors (Lipinski definition) is 1. The number of nitrogens with one attached hydrogen (secondary N) is 1. The fourth-order valence-corrected chi connectivity index (χ4v) is 2.57. The quantitative estimate of drug-likeness (QED) is 0.221. The molecule has 1 aliphatic rings. The minimum atomic E-state index is -0.0873. The Morgan fingerprint density at radius 3 is 2.45 bits per heavy atom. The van der Waals surface area contributed by atoms with Crippen molar-refractivity contribution in [1.29, 1.82) is 0 Å². The van der Waals surface area contributed by atoms with E-state index in [0.717, 1.165) is 64.3 Å². The van der Waals surface area contributed by atoms with Crippen LogP contribution in [0.25, 0.3) is 0 Å². The molecule has 22 heavy (non-hydrogen) atoms. The second-order valence-corrected chi connectivity index (χ2v) is 5.31. The Morgan fingerprint density at radius 2 is 1.91 bits per heavy atom. The van der Waals surface area contributed by atoms with Crippen LogP contribution in [0.15, 0.2) is 4.99 Å². The number of ether oxygens (including phenoxy) is 2. The maximum atomic E-state index is 11.5. The van der Waals surface area contributed by atoms with Crippen molar-refractivity contribution in [3.8, 4) is 0 Å². The van der Waals surface area contributed by atoms with Gasteiger partial charge in [0, 0.05) is 40.4 Å². The lowest BCUT2D eigenvalue weighted by atomic mass is 9.97. The number of rotatable bonds is 7. The van der Waals surface area contributed by atoms with Gasteiger partial charge in [0.2, 0.25) is 0 Å². The minimum Gasteiger partial charge on any atom is -0.469 e. The molecule has 0 aromatic rings. The number of likely N-dealkylation sites (tertiary alicyclic amines) is 1. The summed E-state index contributed by atoms with van der Waals surface area (Å²) in [6, 6.07) is 0. The second-order valence-electron chi connectivity index (χ2n) is 5.31. The molecule has 0 bridgehead atoms. The largest absolute Gasteiger partial charge is 0.469 e. The second kappa shape index (κ2) is 12.9. The highest BCUT2D eigenvalue weighted by atomic mass is 127. The van der Waals surface area contributed by atoms with Crippen LogP contribution in [0.5, 0.6) is 0 Å². The number of nitrogens with zero attached hydrogens (tertiary/aromatic N) is 2. The topological polar surface area (TPSA) is 63.2 Å². The molecule has 0 aromatic carbocycles. The van der Waals surface area contributed by atoms with Gasteiger partial charge >= 0.3 is 5.97 Å². The minimum absolute atomic E-state index is 0. The summed E-state index contributed by atoms with van der Waals surface area (Å²) in [5, 5.41) is 3.39. The predicted molar refractivity (Wildman–Crippen MR) is 98.8 cm³/mol. The monoisotopic (exact) mass is 427 g/mol. The molecule has 1 heterocycles. The average molecular weight is 427 g/mol. The number of hydrogen-bond acceptors (Lipinski definition) is 4. The summed E-state index contributed by atoms with van der Waals surface area (Å²) in [6.45, 7) is 3.45. The van der Waals surface area contributed by atoms with E-state index in [4.69, 9.17) is 9.47 Å². The van der Waals surface area contributed by atoms with Crippen LogP contribution < -0.4 is 5.32 Å². The first-order chi connectivity index (χ1) is 10.2. The molecule has 6 nitrogen and oxygen atoms in total. The number of methoxy groups -OCH3 is 2. The Kier molecular flexibility index (Phi) is 12.6. The van der Waals surface area contributed by atoms with Crippen LogP contribution in [0, 0.1) is 5.92 Å². The lowest BCUT2D eigenvalue weighted by Gasteiger charge is -2.33. The molecule has 1 rings (SSSR count). The van der Waals surface area contributed by atoms with E-state index in [1.807, 2.05) is 0 Å². The number of esters is 1. The van der Waals surface area contributed by atoms with Gasteiger partial charge in [-0.3, -0.25) is 9.79 Å². The Balaban J connectivity index is 0.00000441. The average Bonchev–Trinajstić information content (AvgIpc) is 2.54. The number of aliphatic imine (C=N–C) groups is 1. The van der Waals surface area contributed by atoms with Crippen molar-refractivity contribution >= 4 is 35.9 Å². The summed E-state index contributed by atoms with van der Waals surface area (Å²) in [7, 11) is 5.00. The first kappa shape index (κ1) is 21.4. The van der Waals surface area contributed by atoms with E-state index >= 15 is 0 Å². The van der Waals surface area contributed by atoms with Gasteiger partial charge in [-0.25, -0.2) is 0 Å². The highest BCUT2D eigenvalue weighted by Crippen LogP contribution is 2.18. The van der Waals surface area contributed by atoms with Crippen LogP contribution in [0.4, 0.5) is 0 Å². The van der Waals surface area contributed by atoms with Crippen molar-refractivity contribution in [2.75, 3.05) is 47.5 Å². The third-order valence-electron chi connectivity index (χ3n) is 3.85. The highest BCUT2D eigenvalue weighted by Gasteiger charge is 2.26. The van der Waals surface area contributed by atoms with Gasteiger partial charge in [-0.05, 0) is 32.1 Å². The van der Waals surface area contributed by atoms with Gasteiger partial charge in [0.15, 0.2) is 5.96 Å². The Morgan fingerprint density at radius 1 is 1.23 bits per heavy atom. The molecule has 7 heteroatoms. The number of piperidine rings is 1. The number of carbonyl (C=O) groups excluding carboxylic acids is 1. The molecule has 0 spiro atoms. The normalized spacial score (nSPS) is 16.1. The van der Waals surface area contributed by atoms with Crippen molar-refractivity contribution in [3.63, 3.8) is 0 Å². The van der Waals surface area contributed by atoms with Crippen LogP contribution in [0.2, 0.25) is 0 Å². The maximum Gasteiger partial charge on any atom is 0.308 e. The first-order valence-electron chi connectivity index (χ1n) is 7.75. The molecule has 0 atom stereocenters. The molecule has 0 radical (unpaired) electrons. The van der Waals surface area contributed by atoms with E-state index < -0.39 is 0 Å². The summed E-state index contributed by atoms with van der Waals surface area (Å²) in [5.41, 5.74) is 0. The smallest absolute Gasteiger partial charge is 0.308 e. The van der Waals surface area contributed by atoms with E-state index in [2.05, 4.69) is 15.2 Å². The molecule has 1 fully saturated rings. The fraction of sp³-hybridized carbons (Fsp3) is 0.867. The Hall–Kier alpha value is -0.570. The van der Waals surface area contributed by atoms with E-state index in [-0.39, 0.29) is 35.9 Å². The van der Waals surface area contributed by atoms with Crippen LogP contribution in [0.3, 0.4) is 0 Å². The van der Waals surface area contributed by atoms with Crippen molar-refractivity contribution in [2.45, 2.75) is 32.1 Å². The van der Waals surface area contributed by atoms with Crippen LogP contribution >= 0.6 is 24.0 Å². The van der Waals surface area contributed by atoms with Crippen molar-refractivity contribution < 1.29 is 14.3 Å². The van der Waals surface area contributed by atoms with E-state index in [1.54, 1.807) is 14.2 Å². The van der Waals surface area contributed by atoms with Gasteiger partial charge in [-0.15, -0.1) is 24.0 Å². The third-order valence-corrected chi connectivity index (χ3v) is 3.85. The van der Waals surface area contributed by atoms with Crippen LogP contribution in [-0.4, -0.2) is 64.3 Å². The van der Waals surface area contributed by atoms with Crippen molar-refractivity contribution in [1.82, 2.24) is 10.2 Å². The van der Waals surface area contributed by atoms with E-state index in [1.165, 1.54) is 7.11 Å². The summed E-state index contributed by atoms with van der Waals surface area (Å²) in [5.74, 6) is 0.888. The first-order valence-corrected chi connectivity index (χ1v) is 7.75. The van der Waals surface area contributed by atoms with Gasteiger partial charge in [-0.2, -0.15) is 0 Å². The molecular weight excluding hydrogens is 397 g/mol. The van der Waals surface area contributed by atoms with Gasteiger partial charge in [-0.1, -0.05) is 0 Å². The zero-order valence-corrected chi connectivity index (χ0v) is 16.3. The molecule has 0 amide bonds. The van der Waals surface area contributed by atoms with Gasteiger partial charge in [0.1, 0.15) is 0 Å². The zero-order valence-electron chi connectivity index (χ0n) is 14.0. The van der Waals surface area contributed by atoms with Crippen molar-refractivity contribution in [2.24, 2.45) is 10.9 Å². The molecule has 1 aliphatic heterocycles. The van der Waals surface area contributed by atoms with Crippen molar-refractivity contribution in [3.05, 3.63) is 0 Å². The van der Waals surface area contributed by atoms with E-state index in [0.29, 0.717) is 0 Å². The molecule has 1 saturated heterocycles. The number of guanidine groups is 1. The zero-order chi connectivity index (χ0) is 15.5. The van der Waals surface area contributed by atoms with Crippen LogP contribution in [0.1, 0.15) is 32.1 Å². The maximum absolute atomic E-state index is 11.5. The predicted octanol–water partition coefficient (Wildman–Crippen LogP) is 1.88. The number of carbonyl (C=O) groups is 1. The lowest BCUT2D eigenvalue weighted by molar-refractivity contribution is -0.146. The Labute approximate surface area is 151 Å². The standard InChI is InChI=1S/C15H29N3O3.HI/c1-16-15(17-9-5-4-6-12-20-2)18-10-7-13(8-11-18)14(19)21-3;/h13H,4-12H2,1-3H3,(H,16,17);1H. The molecule has 0 aromatic heterocycles. The van der Waals surface area contributed by atoms with E-state index in [9.17, 15) is 4.79 Å². The van der Waals surface area contributed by atoms with Gasteiger partial charge in [0.25, 0.3) is 0 Å². The third kappa shape index (κ3) is 7.62. The Bertz CT molecular complexity index is 332. The van der Waals surface area contributed by atoms with Gasteiger partial charge in [0.05, 0.1) is 13.0 Å². The fourth-order valence-electron chi connectivity index (χ4n) is 2.57. The summed E-state index contributed by atoms with van der Waals surface area (Å²) in [6.07, 6.45) is 5.03. The van der Waals surface area contributed by atoms with Crippen LogP contribution in [-0.2, 0) is 14.3 Å². The summed E-state index contributed by atoms with van der Waals surface area (Å²) < 4.78 is 9.84. The highest BCUT2D eigenvalue weighted by molar-refractivity contribution is 14.0. The number of halogens is 1. The van der Waals surface area contributed by atoms with Gasteiger partial charge < -0.3 is 19.7 Å². The summed E-state index contributed by atoms with van der Waals surface area (Å²) >= 11 is 0. The molecule has 130 valence electrons.